The molecular weight excluding hydrogens is 278 g/mol. The number of para-hydroxylation sites is 1. The van der Waals surface area contributed by atoms with Crippen molar-refractivity contribution in [2.75, 3.05) is 23.3 Å². The van der Waals surface area contributed by atoms with E-state index < -0.39 is 0 Å². The highest BCUT2D eigenvalue weighted by Crippen LogP contribution is 2.21. The minimum atomic E-state index is -0.381. The molecule has 1 aliphatic rings. The van der Waals surface area contributed by atoms with Crippen molar-refractivity contribution in [1.29, 1.82) is 0 Å². The number of carbonyl (C=O) groups excluding carboxylic acids is 1. The van der Waals surface area contributed by atoms with E-state index in [1.165, 1.54) is 5.69 Å². The predicted octanol–water partition coefficient (Wildman–Crippen LogP) is 3.30. The Kier molecular flexibility index (Phi) is 4.53. The van der Waals surface area contributed by atoms with Gasteiger partial charge in [0.05, 0.1) is 0 Å². The molecule has 5 heteroatoms. The molecule has 114 valence electrons. The Morgan fingerprint density at radius 2 is 1.77 bits per heavy atom. The van der Waals surface area contributed by atoms with Crippen LogP contribution in [0.25, 0.3) is 0 Å². The fourth-order valence-corrected chi connectivity index (χ4v) is 2.61. The van der Waals surface area contributed by atoms with E-state index in [0.29, 0.717) is 0 Å². The summed E-state index contributed by atoms with van der Waals surface area (Å²) in [5.41, 5.74) is 1.92. The molecule has 1 aromatic carbocycles. The van der Waals surface area contributed by atoms with Crippen LogP contribution in [0, 0.1) is 0 Å². The molecule has 22 heavy (non-hydrogen) atoms. The van der Waals surface area contributed by atoms with Crippen LogP contribution >= 0.6 is 0 Å². The van der Waals surface area contributed by atoms with Crippen molar-refractivity contribution < 1.29 is 9.53 Å². The molecule has 1 N–H and O–H groups in total. The number of nitrogens with zero attached hydrogens (tertiary/aromatic N) is 2. The first kappa shape index (κ1) is 14.4. The standard InChI is InChI=1S/C17H19N3O2/c21-17(19-14-4-2-1-3-5-14)22-16-8-12-20(13-9-16)15-6-10-18-11-7-15/h1-7,10-11,16H,8-9,12-13H2,(H,19,21). The molecule has 0 saturated carbocycles. The number of piperidine rings is 1. The second kappa shape index (κ2) is 6.93. The van der Waals surface area contributed by atoms with Crippen LogP contribution in [0.2, 0.25) is 0 Å². The van der Waals surface area contributed by atoms with Crippen LogP contribution in [0.5, 0.6) is 0 Å². The maximum absolute atomic E-state index is 11.9. The third kappa shape index (κ3) is 3.75. The number of pyridine rings is 1. The van der Waals surface area contributed by atoms with Gasteiger partial charge in [0, 0.05) is 49.7 Å². The molecule has 1 aromatic heterocycles. The molecule has 0 atom stereocenters. The van der Waals surface area contributed by atoms with Gasteiger partial charge in [0.1, 0.15) is 6.10 Å². The van der Waals surface area contributed by atoms with Crippen molar-refractivity contribution >= 4 is 17.5 Å². The summed E-state index contributed by atoms with van der Waals surface area (Å²) >= 11 is 0. The summed E-state index contributed by atoms with van der Waals surface area (Å²) in [4.78, 5) is 18.2. The summed E-state index contributed by atoms with van der Waals surface area (Å²) in [5, 5.41) is 2.75. The molecule has 2 heterocycles. The highest BCUT2D eigenvalue weighted by atomic mass is 16.6. The Balaban J connectivity index is 1.47. The van der Waals surface area contributed by atoms with Gasteiger partial charge in [-0.15, -0.1) is 0 Å². The Hall–Kier alpha value is -2.56. The molecule has 2 aromatic rings. The summed E-state index contributed by atoms with van der Waals surface area (Å²) < 4.78 is 5.49. The summed E-state index contributed by atoms with van der Waals surface area (Å²) in [6.07, 6.45) is 4.86. The number of carbonyl (C=O) groups is 1. The van der Waals surface area contributed by atoms with Crippen molar-refractivity contribution in [3.8, 4) is 0 Å². The average molecular weight is 297 g/mol. The van der Waals surface area contributed by atoms with Crippen LogP contribution in [0.3, 0.4) is 0 Å². The van der Waals surface area contributed by atoms with Gasteiger partial charge in [-0.05, 0) is 24.3 Å². The van der Waals surface area contributed by atoms with E-state index in [4.69, 9.17) is 4.74 Å². The van der Waals surface area contributed by atoms with E-state index in [0.717, 1.165) is 31.6 Å². The summed E-state index contributed by atoms with van der Waals surface area (Å²) in [6, 6.07) is 13.4. The zero-order valence-electron chi connectivity index (χ0n) is 12.3. The van der Waals surface area contributed by atoms with E-state index in [1.807, 2.05) is 42.5 Å². The van der Waals surface area contributed by atoms with Crippen molar-refractivity contribution in [2.45, 2.75) is 18.9 Å². The van der Waals surface area contributed by atoms with E-state index >= 15 is 0 Å². The van der Waals surface area contributed by atoms with Crippen LogP contribution < -0.4 is 10.2 Å². The van der Waals surface area contributed by atoms with Crippen LogP contribution in [0.4, 0.5) is 16.2 Å². The largest absolute Gasteiger partial charge is 0.446 e. The van der Waals surface area contributed by atoms with Gasteiger partial charge in [-0.2, -0.15) is 0 Å². The molecule has 1 saturated heterocycles. The molecule has 1 fully saturated rings. The van der Waals surface area contributed by atoms with Crippen molar-refractivity contribution in [3.63, 3.8) is 0 Å². The van der Waals surface area contributed by atoms with Gasteiger partial charge in [0.25, 0.3) is 0 Å². The molecule has 0 radical (unpaired) electrons. The molecule has 0 bridgehead atoms. The maximum Gasteiger partial charge on any atom is 0.411 e. The van der Waals surface area contributed by atoms with E-state index in [9.17, 15) is 4.79 Å². The topological polar surface area (TPSA) is 54.5 Å². The molecule has 1 aliphatic heterocycles. The number of amides is 1. The molecule has 1 amide bonds. The Labute approximate surface area is 129 Å². The Morgan fingerprint density at radius 3 is 2.45 bits per heavy atom. The SMILES string of the molecule is O=C(Nc1ccccc1)OC1CCN(c2ccncc2)CC1. The number of hydrogen-bond acceptors (Lipinski definition) is 4. The monoisotopic (exact) mass is 297 g/mol. The lowest BCUT2D eigenvalue weighted by Crippen LogP contribution is -2.38. The van der Waals surface area contributed by atoms with Gasteiger partial charge in [0.15, 0.2) is 0 Å². The fourth-order valence-electron chi connectivity index (χ4n) is 2.61. The minimum absolute atomic E-state index is 0.0261. The lowest BCUT2D eigenvalue weighted by atomic mass is 10.1. The lowest BCUT2D eigenvalue weighted by Gasteiger charge is -2.33. The van der Waals surface area contributed by atoms with E-state index in [2.05, 4.69) is 15.2 Å². The normalized spacial score (nSPS) is 15.4. The Morgan fingerprint density at radius 1 is 1.09 bits per heavy atom. The van der Waals surface area contributed by atoms with Gasteiger partial charge in [-0.1, -0.05) is 18.2 Å². The molecular formula is C17H19N3O2. The number of hydrogen-bond donors (Lipinski definition) is 1. The Bertz CT molecular complexity index is 596. The predicted molar refractivity (Wildman–Crippen MR) is 86.0 cm³/mol. The van der Waals surface area contributed by atoms with Crippen LogP contribution in [-0.4, -0.2) is 30.3 Å². The molecule has 0 aliphatic carbocycles. The molecule has 0 spiro atoms. The quantitative estimate of drug-likeness (QED) is 0.944. The summed E-state index contributed by atoms with van der Waals surface area (Å²) in [6.45, 7) is 1.76. The number of rotatable bonds is 3. The number of anilines is 2. The molecule has 5 nitrogen and oxygen atoms in total. The van der Waals surface area contributed by atoms with Gasteiger partial charge < -0.3 is 9.64 Å². The van der Waals surface area contributed by atoms with Gasteiger partial charge in [0.2, 0.25) is 0 Å². The average Bonchev–Trinajstić information content (AvgIpc) is 2.57. The van der Waals surface area contributed by atoms with Gasteiger partial charge in [-0.25, -0.2) is 4.79 Å². The highest BCUT2D eigenvalue weighted by molar-refractivity contribution is 5.84. The zero-order chi connectivity index (χ0) is 15.2. The van der Waals surface area contributed by atoms with Gasteiger partial charge in [-0.3, -0.25) is 10.3 Å². The van der Waals surface area contributed by atoms with Crippen LogP contribution in [0.15, 0.2) is 54.9 Å². The van der Waals surface area contributed by atoms with Gasteiger partial charge >= 0.3 is 6.09 Å². The second-order valence-corrected chi connectivity index (χ2v) is 5.29. The number of benzene rings is 1. The molecule has 0 unspecified atom stereocenters. The summed E-state index contributed by atoms with van der Waals surface area (Å²) in [7, 11) is 0. The first-order valence-electron chi connectivity index (χ1n) is 7.49. The lowest BCUT2D eigenvalue weighted by molar-refractivity contribution is 0.0951. The third-order valence-corrected chi connectivity index (χ3v) is 3.76. The number of nitrogens with one attached hydrogen (secondary N) is 1. The first-order valence-corrected chi connectivity index (χ1v) is 7.49. The van der Waals surface area contributed by atoms with Crippen molar-refractivity contribution in [3.05, 3.63) is 54.9 Å². The third-order valence-electron chi connectivity index (χ3n) is 3.76. The van der Waals surface area contributed by atoms with Crippen molar-refractivity contribution in [2.24, 2.45) is 0 Å². The van der Waals surface area contributed by atoms with E-state index in [-0.39, 0.29) is 12.2 Å². The van der Waals surface area contributed by atoms with Crippen LogP contribution in [-0.2, 0) is 4.74 Å². The maximum atomic E-state index is 11.9. The zero-order valence-corrected chi connectivity index (χ0v) is 12.3. The highest BCUT2D eigenvalue weighted by Gasteiger charge is 2.22. The van der Waals surface area contributed by atoms with Crippen LogP contribution in [0.1, 0.15) is 12.8 Å². The summed E-state index contributed by atoms with van der Waals surface area (Å²) in [5.74, 6) is 0. The van der Waals surface area contributed by atoms with E-state index in [1.54, 1.807) is 12.4 Å². The van der Waals surface area contributed by atoms with Crippen molar-refractivity contribution in [1.82, 2.24) is 4.98 Å². The second-order valence-electron chi connectivity index (χ2n) is 5.29. The fraction of sp³-hybridized carbons (Fsp3) is 0.294. The number of aromatic nitrogens is 1. The first-order chi connectivity index (χ1) is 10.8. The number of ether oxygens (including phenoxy) is 1. The smallest absolute Gasteiger partial charge is 0.411 e. The minimum Gasteiger partial charge on any atom is -0.446 e. The molecule has 3 rings (SSSR count).